The quantitative estimate of drug-likeness (QED) is 0.732. The van der Waals surface area contributed by atoms with Crippen LogP contribution in [0.4, 0.5) is 0 Å². The maximum Gasteiger partial charge on any atom is 0.236 e. The highest BCUT2D eigenvalue weighted by Gasteiger charge is 2.21. The van der Waals surface area contributed by atoms with Crippen molar-refractivity contribution in [2.75, 3.05) is 46.9 Å². The summed E-state index contributed by atoms with van der Waals surface area (Å²) in [6, 6.07) is 10.4. The first-order valence-electron chi connectivity index (χ1n) is 9.39. The third-order valence-corrected chi connectivity index (χ3v) is 6.17. The van der Waals surface area contributed by atoms with Gasteiger partial charge in [-0.15, -0.1) is 11.3 Å². The fourth-order valence-electron chi connectivity index (χ4n) is 3.28. The van der Waals surface area contributed by atoms with Crippen LogP contribution in [0.25, 0.3) is 0 Å². The van der Waals surface area contributed by atoms with Crippen LogP contribution in [-0.4, -0.2) is 67.5 Å². The number of nitrogens with zero attached hydrogens (tertiary/aromatic N) is 3. The largest absolute Gasteiger partial charge is 0.497 e. The van der Waals surface area contributed by atoms with Gasteiger partial charge in [0, 0.05) is 44.6 Å². The molecule has 0 spiro atoms. The third-order valence-electron chi connectivity index (χ3n) is 5.16. The Balaban J connectivity index is 1.42. The minimum Gasteiger partial charge on any atom is -0.497 e. The number of aryl methyl sites for hydroxylation is 1. The molecule has 0 radical (unpaired) electrons. The summed E-state index contributed by atoms with van der Waals surface area (Å²) < 4.78 is 5.21. The molecule has 0 saturated carbocycles. The summed E-state index contributed by atoms with van der Waals surface area (Å²) in [5.74, 6) is 1.09. The van der Waals surface area contributed by atoms with E-state index in [1.165, 1.54) is 16.0 Å². The minimum absolute atomic E-state index is 0.200. The Morgan fingerprint density at radius 2 is 1.78 bits per heavy atom. The van der Waals surface area contributed by atoms with Gasteiger partial charge in [-0.05, 0) is 41.6 Å². The highest BCUT2D eigenvalue weighted by molar-refractivity contribution is 7.10. The van der Waals surface area contributed by atoms with Crippen molar-refractivity contribution in [2.24, 2.45) is 0 Å². The Labute approximate surface area is 166 Å². The molecule has 1 fully saturated rings. The number of methoxy groups -OCH3 is 1. The molecule has 146 valence electrons. The van der Waals surface area contributed by atoms with Gasteiger partial charge in [-0.1, -0.05) is 12.1 Å². The molecule has 2 heterocycles. The van der Waals surface area contributed by atoms with E-state index in [0.29, 0.717) is 13.1 Å². The van der Waals surface area contributed by atoms with E-state index in [4.69, 9.17) is 4.74 Å². The molecule has 1 aromatic carbocycles. The molecule has 1 saturated heterocycles. The first-order valence-corrected chi connectivity index (χ1v) is 10.3. The zero-order chi connectivity index (χ0) is 19.2. The molecule has 1 aliphatic rings. The number of likely N-dealkylation sites (N-methyl/N-ethyl adjacent to an activating group) is 1. The maximum atomic E-state index is 12.5. The lowest BCUT2D eigenvalue weighted by atomic mass is 10.2. The van der Waals surface area contributed by atoms with Crippen LogP contribution < -0.4 is 4.74 Å². The predicted molar refractivity (Wildman–Crippen MR) is 110 cm³/mol. The van der Waals surface area contributed by atoms with E-state index in [2.05, 4.69) is 40.3 Å². The van der Waals surface area contributed by atoms with Crippen molar-refractivity contribution in [3.63, 3.8) is 0 Å². The van der Waals surface area contributed by atoms with Gasteiger partial charge in [0.05, 0.1) is 20.2 Å². The Hall–Kier alpha value is -1.89. The molecular formula is C21H29N3O2S. The second-order valence-corrected chi connectivity index (χ2v) is 8.18. The van der Waals surface area contributed by atoms with E-state index >= 15 is 0 Å². The molecule has 6 heteroatoms. The van der Waals surface area contributed by atoms with Crippen LogP contribution >= 0.6 is 11.3 Å². The molecule has 0 atom stereocenters. The number of rotatable bonds is 7. The number of benzene rings is 1. The zero-order valence-corrected chi connectivity index (χ0v) is 17.3. The SMILES string of the molecule is COc1ccc(CN2CCN(CC(=O)N(C)Cc3sccc3C)CC2)cc1. The number of piperazine rings is 1. The molecule has 27 heavy (non-hydrogen) atoms. The first-order chi connectivity index (χ1) is 13.0. The van der Waals surface area contributed by atoms with E-state index in [1.807, 2.05) is 24.1 Å². The average Bonchev–Trinajstić information content (AvgIpc) is 3.08. The van der Waals surface area contributed by atoms with Crippen LogP contribution in [0.3, 0.4) is 0 Å². The molecular weight excluding hydrogens is 358 g/mol. The van der Waals surface area contributed by atoms with Crippen LogP contribution in [0.1, 0.15) is 16.0 Å². The number of carbonyl (C=O) groups excluding carboxylic acids is 1. The van der Waals surface area contributed by atoms with Crippen LogP contribution in [0.2, 0.25) is 0 Å². The summed E-state index contributed by atoms with van der Waals surface area (Å²) in [7, 11) is 3.59. The summed E-state index contributed by atoms with van der Waals surface area (Å²) >= 11 is 1.72. The van der Waals surface area contributed by atoms with Crippen LogP contribution in [0.5, 0.6) is 5.75 Å². The summed E-state index contributed by atoms with van der Waals surface area (Å²) in [5.41, 5.74) is 2.57. The number of ether oxygens (including phenoxy) is 1. The predicted octanol–water partition coefficient (Wildman–Crippen LogP) is 2.84. The van der Waals surface area contributed by atoms with Gasteiger partial charge in [-0.2, -0.15) is 0 Å². The minimum atomic E-state index is 0.200. The van der Waals surface area contributed by atoms with Crippen LogP contribution in [0, 0.1) is 6.92 Å². The summed E-state index contributed by atoms with van der Waals surface area (Å²) in [6.45, 7) is 8.13. The molecule has 2 aromatic rings. The molecule has 0 N–H and O–H groups in total. The Morgan fingerprint density at radius 1 is 1.11 bits per heavy atom. The van der Waals surface area contributed by atoms with Crippen molar-refractivity contribution < 1.29 is 9.53 Å². The molecule has 0 aliphatic carbocycles. The van der Waals surface area contributed by atoms with E-state index in [-0.39, 0.29) is 5.91 Å². The second kappa shape index (κ2) is 9.35. The van der Waals surface area contributed by atoms with Crippen molar-refractivity contribution >= 4 is 17.2 Å². The number of hydrogen-bond donors (Lipinski definition) is 0. The number of hydrogen-bond acceptors (Lipinski definition) is 5. The summed E-state index contributed by atoms with van der Waals surface area (Å²) in [6.07, 6.45) is 0. The van der Waals surface area contributed by atoms with Gasteiger partial charge in [0.25, 0.3) is 0 Å². The fourth-order valence-corrected chi connectivity index (χ4v) is 4.23. The fraction of sp³-hybridized carbons (Fsp3) is 0.476. The van der Waals surface area contributed by atoms with E-state index < -0.39 is 0 Å². The Morgan fingerprint density at radius 3 is 2.37 bits per heavy atom. The maximum absolute atomic E-state index is 12.5. The molecule has 1 amide bonds. The summed E-state index contributed by atoms with van der Waals surface area (Å²) in [4.78, 5) is 20.4. The summed E-state index contributed by atoms with van der Waals surface area (Å²) in [5, 5.41) is 2.09. The number of amides is 1. The molecule has 1 aliphatic heterocycles. The average molecular weight is 388 g/mol. The Bertz CT molecular complexity index is 736. The van der Waals surface area contributed by atoms with Crippen molar-refractivity contribution in [3.8, 4) is 5.75 Å². The monoisotopic (exact) mass is 387 g/mol. The van der Waals surface area contributed by atoms with Crippen molar-refractivity contribution in [1.29, 1.82) is 0 Å². The molecule has 0 bridgehead atoms. The number of carbonyl (C=O) groups is 1. The topological polar surface area (TPSA) is 36.0 Å². The van der Waals surface area contributed by atoms with Gasteiger partial charge in [0.1, 0.15) is 5.75 Å². The smallest absolute Gasteiger partial charge is 0.236 e. The lowest BCUT2D eigenvalue weighted by Gasteiger charge is -2.35. The van der Waals surface area contributed by atoms with E-state index in [1.54, 1.807) is 18.4 Å². The third kappa shape index (κ3) is 5.54. The van der Waals surface area contributed by atoms with Gasteiger partial charge < -0.3 is 9.64 Å². The Kier molecular flexibility index (Phi) is 6.88. The van der Waals surface area contributed by atoms with Crippen LogP contribution in [-0.2, 0) is 17.9 Å². The molecule has 1 aromatic heterocycles. The lowest BCUT2D eigenvalue weighted by Crippen LogP contribution is -2.49. The van der Waals surface area contributed by atoms with Crippen LogP contribution in [0.15, 0.2) is 35.7 Å². The highest BCUT2D eigenvalue weighted by atomic mass is 32.1. The van der Waals surface area contributed by atoms with Gasteiger partial charge in [-0.3, -0.25) is 14.6 Å². The van der Waals surface area contributed by atoms with Gasteiger partial charge in [-0.25, -0.2) is 0 Å². The number of thiophene rings is 1. The van der Waals surface area contributed by atoms with Crippen molar-refractivity contribution in [3.05, 3.63) is 51.7 Å². The lowest BCUT2D eigenvalue weighted by molar-refractivity contribution is -0.132. The van der Waals surface area contributed by atoms with E-state index in [9.17, 15) is 4.79 Å². The van der Waals surface area contributed by atoms with Crippen molar-refractivity contribution in [1.82, 2.24) is 14.7 Å². The van der Waals surface area contributed by atoms with Gasteiger partial charge in [0.15, 0.2) is 0 Å². The van der Waals surface area contributed by atoms with E-state index in [0.717, 1.165) is 38.5 Å². The first kappa shape index (κ1) is 19.9. The van der Waals surface area contributed by atoms with Crippen molar-refractivity contribution in [2.45, 2.75) is 20.0 Å². The normalized spacial score (nSPS) is 15.7. The zero-order valence-electron chi connectivity index (χ0n) is 16.5. The second-order valence-electron chi connectivity index (χ2n) is 7.18. The van der Waals surface area contributed by atoms with Gasteiger partial charge in [0.2, 0.25) is 5.91 Å². The molecule has 3 rings (SSSR count). The van der Waals surface area contributed by atoms with Gasteiger partial charge >= 0.3 is 0 Å². The molecule has 0 unspecified atom stereocenters. The molecule has 5 nitrogen and oxygen atoms in total. The standard InChI is InChI=1S/C21H29N3O2S/c1-17-8-13-27-20(17)15-22(2)21(25)16-24-11-9-23(10-12-24)14-18-4-6-19(26-3)7-5-18/h4-8,13H,9-12,14-16H2,1-3H3. The highest BCUT2D eigenvalue weighted by Crippen LogP contribution is 2.18.